The van der Waals surface area contributed by atoms with Crippen molar-refractivity contribution in [2.24, 2.45) is 5.73 Å². The molecule has 0 fully saturated rings. The zero-order valence-electron chi connectivity index (χ0n) is 17.7. The zero-order chi connectivity index (χ0) is 22.9. The number of hydrogen-bond donors (Lipinski definition) is 2. The summed E-state index contributed by atoms with van der Waals surface area (Å²) in [7, 11) is 0.00691. The summed E-state index contributed by atoms with van der Waals surface area (Å²) in [6, 6.07) is 12.8. The number of nitrogens with zero attached hydrogens (tertiary/aromatic N) is 1. The summed E-state index contributed by atoms with van der Waals surface area (Å²) in [4.78, 5) is 17.0. The maximum Gasteiger partial charge on any atom is 0.256 e. The van der Waals surface area contributed by atoms with Gasteiger partial charge < -0.3 is 20.5 Å². The van der Waals surface area contributed by atoms with Gasteiger partial charge in [-0.1, -0.05) is 30.3 Å². The Labute approximate surface area is 186 Å². The van der Waals surface area contributed by atoms with Crippen LogP contribution in [0.25, 0.3) is 10.9 Å². The lowest BCUT2D eigenvalue weighted by atomic mass is 9.94. The smallest absolute Gasteiger partial charge is 0.256 e. The number of sulfone groups is 1. The van der Waals surface area contributed by atoms with E-state index in [1.54, 1.807) is 32.4 Å². The summed E-state index contributed by atoms with van der Waals surface area (Å²) in [5.74, 6) is -0.237. The molecular formula is C23H23N3O5S. The topological polar surface area (TPSA) is 121 Å². The number of methoxy groups -OCH3 is 1. The third-order valence-corrected chi connectivity index (χ3v) is 6.77. The van der Waals surface area contributed by atoms with E-state index in [1.165, 1.54) is 5.41 Å². The Kier molecular flexibility index (Phi) is 5.75. The number of rotatable bonds is 7. The zero-order valence-corrected chi connectivity index (χ0v) is 18.5. The van der Waals surface area contributed by atoms with Gasteiger partial charge in [0.15, 0.2) is 9.84 Å². The second kappa shape index (κ2) is 8.51. The van der Waals surface area contributed by atoms with Crippen molar-refractivity contribution in [2.45, 2.75) is 12.5 Å². The largest absolute Gasteiger partial charge is 0.497 e. The van der Waals surface area contributed by atoms with E-state index in [4.69, 9.17) is 15.2 Å². The number of pyridine rings is 1. The number of anilines is 1. The fourth-order valence-corrected chi connectivity index (χ4v) is 5.19. The van der Waals surface area contributed by atoms with Crippen LogP contribution in [0.3, 0.4) is 0 Å². The van der Waals surface area contributed by atoms with Crippen molar-refractivity contribution in [2.75, 3.05) is 25.2 Å². The van der Waals surface area contributed by atoms with E-state index in [9.17, 15) is 13.2 Å². The fourth-order valence-electron chi connectivity index (χ4n) is 3.86. The lowest BCUT2D eigenvalue weighted by Crippen LogP contribution is -2.17. The Morgan fingerprint density at radius 2 is 1.97 bits per heavy atom. The fraction of sp³-hybridized carbons (Fsp3) is 0.217. The van der Waals surface area contributed by atoms with Crippen LogP contribution in [0, 0.1) is 0 Å². The third kappa shape index (κ3) is 4.11. The predicted octanol–water partition coefficient (Wildman–Crippen LogP) is 2.99. The summed E-state index contributed by atoms with van der Waals surface area (Å²) < 4.78 is 35.0. The van der Waals surface area contributed by atoms with Crippen molar-refractivity contribution in [3.63, 3.8) is 0 Å². The van der Waals surface area contributed by atoms with E-state index in [1.807, 2.05) is 30.3 Å². The van der Waals surface area contributed by atoms with Gasteiger partial charge in [-0.3, -0.25) is 4.79 Å². The first-order valence-electron chi connectivity index (χ1n) is 9.94. The van der Waals surface area contributed by atoms with Gasteiger partial charge in [-0.2, -0.15) is 0 Å². The van der Waals surface area contributed by atoms with Crippen molar-refractivity contribution in [3.05, 3.63) is 70.6 Å². The normalized spacial score (nSPS) is 16.8. The van der Waals surface area contributed by atoms with Crippen LogP contribution < -0.4 is 20.5 Å². The van der Waals surface area contributed by atoms with E-state index in [2.05, 4.69) is 10.3 Å². The molecule has 0 saturated heterocycles. The van der Waals surface area contributed by atoms with Crippen LogP contribution in [0.1, 0.15) is 27.4 Å². The lowest BCUT2D eigenvalue weighted by molar-refractivity contribution is 0.0996. The second-order valence-electron chi connectivity index (χ2n) is 7.42. The van der Waals surface area contributed by atoms with E-state index in [0.717, 1.165) is 16.9 Å². The van der Waals surface area contributed by atoms with Crippen LogP contribution in [0.15, 0.2) is 53.9 Å². The number of carbonyl (C=O) groups excluding carboxylic acids is 1. The highest BCUT2D eigenvalue weighted by atomic mass is 32.2. The molecule has 1 atom stereocenters. The van der Waals surface area contributed by atoms with Crippen molar-refractivity contribution in [3.8, 4) is 11.6 Å². The van der Waals surface area contributed by atoms with Crippen molar-refractivity contribution >= 4 is 32.3 Å². The third-order valence-electron chi connectivity index (χ3n) is 5.37. The van der Waals surface area contributed by atoms with Gasteiger partial charge in [0.2, 0.25) is 5.88 Å². The first-order chi connectivity index (χ1) is 15.3. The molecular weight excluding hydrogens is 430 g/mol. The van der Waals surface area contributed by atoms with Gasteiger partial charge in [0.05, 0.1) is 24.1 Å². The number of allylic oxidation sites excluding steroid dienone is 1. The molecule has 0 radical (unpaired) electrons. The van der Waals surface area contributed by atoms with E-state index in [-0.39, 0.29) is 29.7 Å². The maximum atomic E-state index is 12.4. The molecule has 166 valence electrons. The van der Waals surface area contributed by atoms with Gasteiger partial charge >= 0.3 is 0 Å². The number of hydrogen-bond acceptors (Lipinski definition) is 7. The van der Waals surface area contributed by atoms with Crippen molar-refractivity contribution < 1.29 is 22.7 Å². The first kappa shape index (κ1) is 21.6. The Balaban J connectivity index is 1.79. The quantitative estimate of drug-likeness (QED) is 0.564. The molecule has 1 unspecified atom stereocenters. The van der Waals surface area contributed by atoms with E-state index < -0.39 is 15.7 Å². The predicted molar refractivity (Wildman–Crippen MR) is 123 cm³/mol. The van der Waals surface area contributed by atoms with Crippen molar-refractivity contribution in [1.29, 1.82) is 0 Å². The van der Waals surface area contributed by atoms with Gasteiger partial charge in [0.1, 0.15) is 17.9 Å². The Morgan fingerprint density at radius 3 is 2.56 bits per heavy atom. The van der Waals surface area contributed by atoms with Crippen LogP contribution in [-0.2, 0) is 16.4 Å². The molecule has 0 aliphatic carbocycles. The molecule has 0 bridgehead atoms. The van der Waals surface area contributed by atoms with Crippen LogP contribution in [0.5, 0.6) is 11.6 Å². The molecule has 32 heavy (non-hydrogen) atoms. The Morgan fingerprint density at radius 1 is 1.22 bits per heavy atom. The van der Waals surface area contributed by atoms with Gasteiger partial charge in [-0.05, 0) is 29.3 Å². The molecule has 0 saturated carbocycles. The molecule has 1 aromatic heterocycles. The molecule has 9 heteroatoms. The standard InChI is InChI=1S/C23H23N3O5S/c1-25-21-19-17(15-10-11-32(28,29)13-15)4-3-5-18(19)26-23(20(21)22(24)27)31-12-14-6-8-16(30-2)9-7-14/h3-11,15H,12-13H2,1-2H3,(H2,24,27)(H,25,26). The summed E-state index contributed by atoms with van der Waals surface area (Å²) in [6.45, 7) is 0.176. The minimum absolute atomic E-state index is 0.0309. The number of nitrogens with one attached hydrogen (secondary N) is 1. The first-order valence-corrected chi connectivity index (χ1v) is 11.7. The number of primary amides is 1. The van der Waals surface area contributed by atoms with E-state index >= 15 is 0 Å². The summed E-state index contributed by atoms with van der Waals surface area (Å²) in [6.07, 6.45) is 1.65. The Bertz CT molecular complexity index is 1320. The van der Waals surface area contributed by atoms with Gasteiger partial charge in [0.25, 0.3) is 5.91 Å². The number of aromatic nitrogens is 1. The highest BCUT2D eigenvalue weighted by Crippen LogP contribution is 2.39. The molecule has 8 nitrogen and oxygen atoms in total. The number of ether oxygens (including phenoxy) is 2. The number of fused-ring (bicyclic) bond motifs is 1. The minimum atomic E-state index is -3.26. The molecule has 1 aliphatic heterocycles. The molecule has 3 aromatic rings. The summed E-state index contributed by atoms with van der Waals surface area (Å²) >= 11 is 0. The number of carbonyl (C=O) groups is 1. The van der Waals surface area contributed by atoms with Gasteiger partial charge in [-0.15, -0.1) is 0 Å². The molecule has 2 heterocycles. The summed E-state index contributed by atoms with van der Waals surface area (Å²) in [5.41, 5.74) is 8.47. The number of nitrogens with two attached hydrogens (primary N) is 1. The Hall–Kier alpha value is -3.59. The molecule has 3 N–H and O–H groups in total. The number of amides is 1. The number of benzene rings is 2. The SMILES string of the molecule is CNc1c(C(N)=O)c(OCc2ccc(OC)cc2)nc2cccc(C3C=CS(=O)(=O)C3)c12. The average molecular weight is 454 g/mol. The minimum Gasteiger partial charge on any atom is -0.497 e. The molecule has 1 amide bonds. The lowest BCUT2D eigenvalue weighted by Gasteiger charge is -2.19. The van der Waals surface area contributed by atoms with Crippen LogP contribution in [0.2, 0.25) is 0 Å². The van der Waals surface area contributed by atoms with Crippen LogP contribution in [0.4, 0.5) is 5.69 Å². The second-order valence-corrected chi connectivity index (χ2v) is 9.36. The van der Waals surface area contributed by atoms with Crippen LogP contribution in [-0.4, -0.2) is 39.2 Å². The van der Waals surface area contributed by atoms with Gasteiger partial charge in [-0.25, -0.2) is 13.4 Å². The van der Waals surface area contributed by atoms with Crippen molar-refractivity contribution in [1.82, 2.24) is 4.98 Å². The molecule has 4 rings (SSSR count). The highest BCUT2D eigenvalue weighted by Gasteiger charge is 2.28. The van der Waals surface area contributed by atoms with Crippen LogP contribution >= 0.6 is 0 Å². The molecule has 1 aliphatic rings. The monoisotopic (exact) mass is 453 g/mol. The summed E-state index contributed by atoms with van der Waals surface area (Å²) in [5, 5.41) is 4.92. The molecule has 2 aromatic carbocycles. The van der Waals surface area contributed by atoms with E-state index in [0.29, 0.717) is 16.6 Å². The maximum absolute atomic E-state index is 12.4. The molecule has 0 spiro atoms. The van der Waals surface area contributed by atoms with Gasteiger partial charge in [0, 0.05) is 23.8 Å². The highest BCUT2D eigenvalue weighted by molar-refractivity contribution is 7.94. The average Bonchev–Trinajstić information content (AvgIpc) is 3.15.